The van der Waals surface area contributed by atoms with Crippen molar-refractivity contribution in [1.29, 1.82) is 0 Å². The van der Waals surface area contributed by atoms with Gasteiger partial charge < -0.3 is 15.3 Å². The average molecular weight is 260 g/mol. The summed E-state index contributed by atoms with van der Waals surface area (Å²) >= 11 is 0. The van der Waals surface area contributed by atoms with Gasteiger partial charge in [0.2, 0.25) is 0 Å². The van der Waals surface area contributed by atoms with Crippen LogP contribution < -0.4 is 5.32 Å². The first kappa shape index (κ1) is 13.1. The third-order valence-electron chi connectivity index (χ3n) is 3.02. The lowest BCUT2D eigenvalue weighted by atomic mass is 10.1. The van der Waals surface area contributed by atoms with Gasteiger partial charge in [-0.3, -0.25) is 0 Å². The summed E-state index contributed by atoms with van der Waals surface area (Å²) in [6.45, 7) is 3.21. The topological polar surface area (TPSA) is 69.6 Å². The van der Waals surface area contributed by atoms with E-state index in [4.69, 9.17) is 5.11 Å². The quantitative estimate of drug-likeness (QED) is 0.803. The normalized spacial score (nSPS) is 14.8. The predicted octanol–water partition coefficient (Wildman–Crippen LogP) is 2.57. The van der Waals surface area contributed by atoms with Gasteiger partial charge in [-0.05, 0) is 25.5 Å². The van der Waals surface area contributed by atoms with Gasteiger partial charge in [-0.15, -0.1) is 0 Å². The first-order valence-electron chi connectivity index (χ1n) is 6.12. The van der Waals surface area contributed by atoms with Gasteiger partial charge in [-0.25, -0.2) is 9.59 Å². The summed E-state index contributed by atoms with van der Waals surface area (Å²) in [5.41, 5.74) is 1.57. The molecule has 1 aliphatic heterocycles. The number of nitrogens with one attached hydrogen (secondary N) is 1. The molecule has 1 heterocycles. The third-order valence-corrected chi connectivity index (χ3v) is 3.02. The number of carbonyl (C=O) groups is 2. The van der Waals surface area contributed by atoms with Gasteiger partial charge in [0.05, 0.1) is 11.3 Å². The molecular formula is C14H16N2O3. The molecule has 1 aromatic rings. The first-order chi connectivity index (χ1) is 9.08. The van der Waals surface area contributed by atoms with Gasteiger partial charge in [-0.2, -0.15) is 0 Å². The van der Waals surface area contributed by atoms with E-state index in [-0.39, 0.29) is 11.6 Å². The second-order valence-electron chi connectivity index (χ2n) is 4.54. The molecule has 1 aliphatic rings. The van der Waals surface area contributed by atoms with E-state index in [2.05, 4.69) is 11.4 Å². The van der Waals surface area contributed by atoms with Crippen LogP contribution in [0.3, 0.4) is 0 Å². The van der Waals surface area contributed by atoms with Crippen molar-refractivity contribution in [3.63, 3.8) is 0 Å². The first-order valence-corrected chi connectivity index (χ1v) is 6.12. The molecule has 2 N–H and O–H groups in total. The molecular weight excluding hydrogens is 244 g/mol. The van der Waals surface area contributed by atoms with Crippen LogP contribution in [-0.4, -0.2) is 35.1 Å². The number of nitrogens with zero attached hydrogens (tertiary/aromatic N) is 1. The Morgan fingerprint density at radius 1 is 1.32 bits per heavy atom. The molecule has 0 fully saturated rings. The van der Waals surface area contributed by atoms with E-state index in [1.54, 1.807) is 23.1 Å². The molecule has 100 valence electrons. The molecule has 1 aromatic carbocycles. The SMILES string of the molecule is CC1=CCCN(C(=O)Nc2ccccc2C(=O)O)C1. The van der Waals surface area contributed by atoms with E-state index in [1.807, 2.05) is 6.92 Å². The standard InChI is InChI=1S/C14H16N2O3/c1-10-5-4-8-16(9-10)14(19)15-12-7-3-2-6-11(12)13(17)18/h2-3,5-7H,4,8-9H2,1H3,(H,15,19)(H,17,18). The fourth-order valence-corrected chi connectivity index (χ4v) is 2.06. The van der Waals surface area contributed by atoms with Crippen molar-refractivity contribution >= 4 is 17.7 Å². The molecule has 0 saturated carbocycles. The van der Waals surface area contributed by atoms with Crippen LogP contribution in [-0.2, 0) is 0 Å². The van der Waals surface area contributed by atoms with Gasteiger partial charge in [0.15, 0.2) is 0 Å². The Morgan fingerprint density at radius 3 is 2.74 bits per heavy atom. The number of hydrogen-bond acceptors (Lipinski definition) is 2. The predicted molar refractivity (Wildman–Crippen MR) is 72.4 cm³/mol. The number of benzene rings is 1. The molecule has 0 saturated heterocycles. The summed E-state index contributed by atoms with van der Waals surface area (Å²) in [5, 5.41) is 11.7. The van der Waals surface area contributed by atoms with E-state index < -0.39 is 5.97 Å². The number of carboxylic acid groups (broad SMARTS) is 1. The average Bonchev–Trinajstić information content (AvgIpc) is 2.39. The van der Waals surface area contributed by atoms with Crippen molar-refractivity contribution in [2.45, 2.75) is 13.3 Å². The van der Waals surface area contributed by atoms with Crippen molar-refractivity contribution in [2.24, 2.45) is 0 Å². The van der Waals surface area contributed by atoms with E-state index in [1.165, 1.54) is 6.07 Å². The Balaban J connectivity index is 2.11. The molecule has 5 heteroatoms. The minimum Gasteiger partial charge on any atom is -0.478 e. The number of carboxylic acids is 1. The minimum atomic E-state index is -1.05. The molecule has 0 aromatic heterocycles. The van der Waals surface area contributed by atoms with Crippen molar-refractivity contribution in [2.75, 3.05) is 18.4 Å². The zero-order valence-corrected chi connectivity index (χ0v) is 10.7. The highest BCUT2D eigenvalue weighted by atomic mass is 16.4. The largest absolute Gasteiger partial charge is 0.478 e. The van der Waals surface area contributed by atoms with Crippen LogP contribution >= 0.6 is 0 Å². The fraction of sp³-hybridized carbons (Fsp3) is 0.286. The number of urea groups is 1. The number of hydrogen-bond donors (Lipinski definition) is 2. The summed E-state index contributed by atoms with van der Waals surface area (Å²) in [5.74, 6) is -1.05. The lowest BCUT2D eigenvalue weighted by Gasteiger charge is -2.26. The van der Waals surface area contributed by atoms with Crippen LogP contribution in [0.15, 0.2) is 35.9 Å². The second kappa shape index (κ2) is 5.56. The van der Waals surface area contributed by atoms with Gasteiger partial charge >= 0.3 is 12.0 Å². The van der Waals surface area contributed by atoms with Gasteiger partial charge in [0.25, 0.3) is 0 Å². The number of para-hydroxylation sites is 1. The summed E-state index contributed by atoms with van der Waals surface area (Å²) in [7, 11) is 0. The second-order valence-corrected chi connectivity index (χ2v) is 4.54. The molecule has 0 unspecified atom stereocenters. The molecule has 0 atom stereocenters. The maximum Gasteiger partial charge on any atom is 0.337 e. The van der Waals surface area contributed by atoms with Crippen LogP contribution in [0.25, 0.3) is 0 Å². The van der Waals surface area contributed by atoms with Crippen molar-refractivity contribution in [1.82, 2.24) is 4.90 Å². The zero-order chi connectivity index (χ0) is 13.8. The Morgan fingerprint density at radius 2 is 2.05 bits per heavy atom. The lowest BCUT2D eigenvalue weighted by molar-refractivity contribution is 0.0698. The monoisotopic (exact) mass is 260 g/mol. The highest BCUT2D eigenvalue weighted by molar-refractivity contribution is 6.00. The van der Waals surface area contributed by atoms with Gasteiger partial charge in [-0.1, -0.05) is 23.8 Å². The molecule has 0 spiro atoms. The number of anilines is 1. The van der Waals surface area contributed by atoms with Crippen LogP contribution in [0.5, 0.6) is 0 Å². The molecule has 19 heavy (non-hydrogen) atoms. The van der Waals surface area contributed by atoms with Crippen molar-refractivity contribution in [3.05, 3.63) is 41.5 Å². The van der Waals surface area contributed by atoms with E-state index in [0.29, 0.717) is 18.8 Å². The Hall–Kier alpha value is -2.30. The van der Waals surface area contributed by atoms with Crippen molar-refractivity contribution in [3.8, 4) is 0 Å². The number of amides is 2. The molecule has 2 amide bonds. The van der Waals surface area contributed by atoms with Crippen molar-refractivity contribution < 1.29 is 14.7 Å². The summed E-state index contributed by atoms with van der Waals surface area (Å²) in [4.78, 5) is 24.8. The van der Waals surface area contributed by atoms with E-state index in [0.717, 1.165) is 12.0 Å². The lowest BCUT2D eigenvalue weighted by Crippen LogP contribution is -2.38. The molecule has 0 aliphatic carbocycles. The maximum absolute atomic E-state index is 12.1. The highest BCUT2D eigenvalue weighted by Gasteiger charge is 2.18. The smallest absolute Gasteiger partial charge is 0.337 e. The van der Waals surface area contributed by atoms with Crippen LogP contribution in [0.2, 0.25) is 0 Å². The molecule has 0 radical (unpaired) electrons. The number of aromatic carboxylic acids is 1. The number of rotatable bonds is 2. The van der Waals surface area contributed by atoms with E-state index >= 15 is 0 Å². The minimum absolute atomic E-state index is 0.0973. The maximum atomic E-state index is 12.1. The van der Waals surface area contributed by atoms with Crippen LogP contribution in [0.1, 0.15) is 23.7 Å². The molecule has 0 bridgehead atoms. The van der Waals surface area contributed by atoms with Gasteiger partial charge in [0, 0.05) is 13.1 Å². The van der Waals surface area contributed by atoms with Crippen LogP contribution in [0, 0.1) is 0 Å². The molecule has 2 rings (SSSR count). The Bertz CT molecular complexity index is 537. The zero-order valence-electron chi connectivity index (χ0n) is 10.7. The van der Waals surface area contributed by atoms with E-state index in [9.17, 15) is 9.59 Å². The fourth-order valence-electron chi connectivity index (χ4n) is 2.06. The Kier molecular flexibility index (Phi) is 3.85. The van der Waals surface area contributed by atoms with Gasteiger partial charge in [0.1, 0.15) is 0 Å². The highest BCUT2D eigenvalue weighted by Crippen LogP contribution is 2.17. The summed E-state index contributed by atoms with van der Waals surface area (Å²) in [6, 6.07) is 6.13. The Labute approximate surface area is 111 Å². The molecule has 5 nitrogen and oxygen atoms in total. The summed E-state index contributed by atoms with van der Waals surface area (Å²) in [6.07, 6.45) is 2.94. The number of carbonyl (C=O) groups excluding carboxylic acids is 1. The third kappa shape index (κ3) is 3.13. The summed E-state index contributed by atoms with van der Waals surface area (Å²) < 4.78 is 0. The van der Waals surface area contributed by atoms with Crippen LogP contribution in [0.4, 0.5) is 10.5 Å².